The van der Waals surface area contributed by atoms with Gasteiger partial charge in [-0.15, -0.1) is 0 Å². The van der Waals surface area contributed by atoms with E-state index in [-0.39, 0.29) is 17.2 Å². The minimum absolute atomic E-state index is 0.221. The first kappa shape index (κ1) is 15.7. The van der Waals surface area contributed by atoms with Gasteiger partial charge < -0.3 is 14.5 Å². The summed E-state index contributed by atoms with van der Waals surface area (Å²) in [5.74, 6) is 0.457. The van der Waals surface area contributed by atoms with Crippen molar-refractivity contribution in [3.8, 4) is 0 Å². The summed E-state index contributed by atoms with van der Waals surface area (Å²) in [4.78, 5) is 36.9. The van der Waals surface area contributed by atoms with E-state index in [4.69, 9.17) is 4.74 Å². The van der Waals surface area contributed by atoms with Crippen molar-refractivity contribution in [3.05, 3.63) is 45.6 Å². The van der Waals surface area contributed by atoms with E-state index in [0.717, 1.165) is 29.0 Å². The van der Waals surface area contributed by atoms with E-state index in [9.17, 15) is 9.59 Å². The number of ether oxygens (including phenoxy) is 1. The second-order valence-electron chi connectivity index (χ2n) is 6.08. The van der Waals surface area contributed by atoms with E-state index in [1.165, 1.54) is 19.2 Å². The molecule has 2 aliphatic rings. The van der Waals surface area contributed by atoms with Crippen LogP contribution < -0.4 is 10.5 Å². The molecule has 0 unspecified atom stereocenters. The monoisotopic (exact) mass is 342 g/mol. The Morgan fingerprint density at radius 1 is 1.20 bits per heavy atom. The quantitative estimate of drug-likeness (QED) is 0.730. The molecule has 130 valence electrons. The Morgan fingerprint density at radius 3 is 2.76 bits per heavy atom. The Hall–Kier alpha value is -2.81. The molecule has 0 N–H and O–H groups in total. The predicted molar refractivity (Wildman–Crippen MR) is 88.1 cm³/mol. The SMILES string of the molecule is Cn1nc(C(=O)N2Cc3cnc(N4CCOCC4)nc3C2)ccc1=O. The molecule has 2 aromatic heterocycles. The zero-order valence-electron chi connectivity index (χ0n) is 13.9. The molecule has 9 nitrogen and oxygen atoms in total. The number of aryl methyl sites for hydroxylation is 1. The van der Waals surface area contributed by atoms with Gasteiger partial charge in [0.15, 0.2) is 0 Å². The highest BCUT2D eigenvalue weighted by molar-refractivity contribution is 5.92. The van der Waals surface area contributed by atoms with Crippen LogP contribution in [0.2, 0.25) is 0 Å². The van der Waals surface area contributed by atoms with Crippen molar-refractivity contribution in [1.82, 2.24) is 24.6 Å². The fraction of sp³-hybridized carbons (Fsp3) is 0.438. The van der Waals surface area contributed by atoms with Gasteiger partial charge in [0.25, 0.3) is 11.5 Å². The van der Waals surface area contributed by atoms with E-state index >= 15 is 0 Å². The largest absolute Gasteiger partial charge is 0.378 e. The van der Waals surface area contributed by atoms with E-state index in [2.05, 4.69) is 20.0 Å². The third-order valence-electron chi connectivity index (χ3n) is 4.40. The lowest BCUT2D eigenvalue weighted by molar-refractivity contribution is 0.0742. The van der Waals surface area contributed by atoms with E-state index in [1.54, 1.807) is 11.1 Å². The number of carbonyl (C=O) groups is 1. The van der Waals surface area contributed by atoms with Crippen molar-refractivity contribution in [2.75, 3.05) is 31.2 Å². The van der Waals surface area contributed by atoms with E-state index in [1.807, 2.05) is 0 Å². The Morgan fingerprint density at radius 2 is 2.00 bits per heavy atom. The molecule has 1 amide bonds. The number of hydrogen-bond donors (Lipinski definition) is 0. The zero-order valence-corrected chi connectivity index (χ0v) is 13.9. The van der Waals surface area contributed by atoms with Crippen LogP contribution in [0.3, 0.4) is 0 Å². The van der Waals surface area contributed by atoms with Gasteiger partial charge in [0.1, 0.15) is 5.69 Å². The van der Waals surface area contributed by atoms with Gasteiger partial charge in [0, 0.05) is 44.5 Å². The summed E-state index contributed by atoms with van der Waals surface area (Å²) < 4.78 is 6.51. The number of carbonyl (C=O) groups excluding carboxylic acids is 1. The van der Waals surface area contributed by atoms with Crippen LogP contribution >= 0.6 is 0 Å². The number of fused-ring (bicyclic) bond motifs is 1. The molecule has 0 spiro atoms. The molecule has 0 aromatic carbocycles. The Labute approximate surface area is 143 Å². The molecule has 9 heteroatoms. The molecule has 4 heterocycles. The fourth-order valence-corrected chi connectivity index (χ4v) is 2.98. The number of anilines is 1. The van der Waals surface area contributed by atoms with Crippen molar-refractivity contribution in [1.29, 1.82) is 0 Å². The molecular formula is C16H18N6O3. The topological polar surface area (TPSA) is 93.5 Å². The van der Waals surface area contributed by atoms with Gasteiger partial charge in [-0.2, -0.15) is 5.10 Å². The zero-order chi connectivity index (χ0) is 17.4. The highest BCUT2D eigenvalue weighted by Crippen LogP contribution is 2.23. The molecule has 2 aliphatic heterocycles. The van der Waals surface area contributed by atoms with Crippen LogP contribution in [0.1, 0.15) is 21.7 Å². The first-order valence-electron chi connectivity index (χ1n) is 8.13. The highest BCUT2D eigenvalue weighted by atomic mass is 16.5. The predicted octanol–water partition coefficient (Wildman–Crippen LogP) is -0.437. The first-order chi connectivity index (χ1) is 12.1. The van der Waals surface area contributed by atoms with Crippen molar-refractivity contribution >= 4 is 11.9 Å². The van der Waals surface area contributed by atoms with Gasteiger partial charge in [-0.1, -0.05) is 0 Å². The van der Waals surface area contributed by atoms with Crippen LogP contribution in [0.4, 0.5) is 5.95 Å². The number of nitrogens with zero attached hydrogens (tertiary/aromatic N) is 6. The van der Waals surface area contributed by atoms with Crippen LogP contribution in [0.25, 0.3) is 0 Å². The Balaban J connectivity index is 1.53. The van der Waals surface area contributed by atoms with Gasteiger partial charge in [-0.05, 0) is 6.07 Å². The first-order valence-corrected chi connectivity index (χ1v) is 8.13. The maximum absolute atomic E-state index is 12.6. The maximum Gasteiger partial charge on any atom is 0.274 e. The molecule has 25 heavy (non-hydrogen) atoms. The third kappa shape index (κ3) is 2.98. The van der Waals surface area contributed by atoms with Crippen LogP contribution in [0.5, 0.6) is 0 Å². The Kier molecular flexibility index (Phi) is 3.92. The molecule has 1 fully saturated rings. The minimum Gasteiger partial charge on any atom is -0.378 e. The smallest absolute Gasteiger partial charge is 0.274 e. The molecular weight excluding hydrogens is 324 g/mol. The molecule has 2 aromatic rings. The van der Waals surface area contributed by atoms with Gasteiger partial charge in [0.2, 0.25) is 5.95 Å². The van der Waals surface area contributed by atoms with Gasteiger partial charge in [-0.25, -0.2) is 14.6 Å². The second kappa shape index (κ2) is 6.25. The molecule has 0 bridgehead atoms. The summed E-state index contributed by atoms with van der Waals surface area (Å²) >= 11 is 0. The molecule has 4 rings (SSSR count). The lowest BCUT2D eigenvalue weighted by Gasteiger charge is -2.26. The van der Waals surface area contributed by atoms with Gasteiger partial charge >= 0.3 is 0 Å². The standard InChI is InChI=1S/C16H18N6O3/c1-20-14(23)3-2-12(19-20)15(24)22-9-11-8-17-16(18-13(11)10-22)21-4-6-25-7-5-21/h2-3,8H,4-7,9-10H2,1H3. The number of aromatic nitrogens is 4. The van der Waals surface area contributed by atoms with Crippen LogP contribution in [-0.2, 0) is 24.9 Å². The number of rotatable bonds is 2. The van der Waals surface area contributed by atoms with Crippen LogP contribution in [0, 0.1) is 0 Å². The highest BCUT2D eigenvalue weighted by Gasteiger charge is 2.28. The average Bonchev–Trinajstić information content (AvgIpc) is 3.07. The number of morpholine rings is 1. The average molecular weight is 342 g/mol. The normalized spacial score (nSPS) is 16.8. The minimum atomic E-state index is -0.248. The van der Waals surface area contributed by atoms with Crippen molar-refractivity contribution in [2.24, 2.45) is 7.05 Å². The summed E-state index contributed by atoms with van der Waals surface area (Å²) in [6.07, 6.45) is 1.79. The molecule has 1 saturated heterocycles. The van der Waals surface area contributed by atoms with Gasteiger partial charge in [0.05, 0.1) is 25.5 Å². The van der Waals surface area contributed by atoms with Crippen molar-refractivity contribution < 1.29 is 9.53 Å². The molecule has 0 saturated carbocycles. The summed E-state index contributed by atoms with van der Waals surface area (Å²) in [7, 11) is 1.53. The summed E-state index contributed by atoms with van der Waals surface area (Å²) in [5, 5.41) is 4.03. The summed E-state index contributed by atoms with van der Waals surface area (Å²) in [5.41, 5.74) is 1.79. The summed E-state index contributed by atoms with van der Waals surface area (Å²) in [6, 6.07) is 2.80. The van der Waals surface area contributed by atoms with E-state index in [0.29, 0.717) is 32.3 Å². The summed E-state index contributed by atoms with van der Waals surface area (Å²) in [6.45, 7) is 3.74. The van der Waals surface area contributed by atoms with Crippen LogP contribution in [-0.4, -0.2) is 56.9 Å². The lowest BCUT2D eigenvalue weighted by atomic mass is 10.3. The third-order valence-corrected chi connectivity index (χ3v) is 4.40. The van der Waals surface area contributed by atoms with E-state index < -0.39 is 0 Å². The molecule has 0 atom stereocenters. The molecule has 0 radical (unpaired) electrons. The molecule has 0 aliphatic carbocycles. The van der Waals surface area contributed by atoms with Crippen LogP contribution in [0.15, 0.2) is 23.1 Å². The number of amides is 1. The second-order valence-corrected chi connectivity index (χ2v) is 6.08. The lowest BCUT2D eigenvalue weighted by Crippen LogP contribution is -2.37. The number of hydrogen-bond acceptors (Lipinski definition) is 7. The van der Waals surface area contributed by atoms with Gasteiger partial charge in [-0.3, -0.25) is 9.59 Å². The van der Waals surface area contributed by atoms with Crippen molar-refractivity contribution in [3.63, 3.8) is 0 Å². The Bertz CT molecular complexity index is 874. The maximum atomic E-state index is 12.6. The van der Waals surface area contributed by atoms with Crippen molar-refractivity contribution in [2.45, 2.75) is 13.1 Å². The fourth-order valence-electron chi connectivity index (χ4n) is 2.98.